The summed E-state index contributed by atoms with van der Waals surface area (Å²) in [6.07, 6.45) is 11.3. The fourth-order valence-electron chi connectivity index (χ4n) is 5.94. The summed E-state index contributed by atoms with van der Waals surface area (Å²) in [5, 5.41) is 3.48. The SMILES string of the molecule is COC(=O)C1(CCNc2ccc(N3CCC(N4CCCC4)CC3)cc2N)CCCCC1. The summed E-state index contributed by atoms with van der Waals surface area (Å²) in [6, 6.07) is 7.16. The Labute approximate surface area is 187 Å². The maximum atomic E-state index is 12.4. The number of nitrogen functional groups attached to an aromatic ring is 1. The Balaban J connectivity index is 1.30. The van der Waals surface area contributed by atoms with Gasteiger partial charge in [0.25, 0.3) is 0 Å². The molecule has 172 valence electrons. The van der Waals surface area contributed by atoms with E-state index in [9.17, 15) is 4.79 Å². The van der Waals surface area contributed by atoms with Crippen molar-refractivity contribution in [2.45, 2.75) is 70.3 Å². The number of nitrogens with one attached hydrogen (secondary N) is 1. The molecule has 0 amide bonds. The van der Waals surface area contributed by atoms with E-state index in [1.807, 2.05) is 0 Å². The van der Waals surface area contributed by atoms with Gasteiger partial charge in [-0.1, -0.05) is 19.3 Å². The Morgan fingerprint density at radius 3 is 2.45 bits per heavy atom. The van der Waals surface area contributed by atoms with Gasteiger partial charge in [0.15, 0.2) is 0 Å². The number of methoxy groups -OCH3 is 1. The molecular weight excluding hydrogens is 388 g/mol. The molecule has 0 aromatic heterocycles. The van der Waals surface area contributed by atoms with Crippen LogP contribution in [0.2, 0.25) is 0 Å². The minimum Gasteiger partial charge on any atom is -0.469 e. The first-order valence-corrected chi connectivity index (χ1v) is 12.3. The van der Waals surface area contributed by atoms with Crippen LogP contribution in [0.5, 0.6) is 0 Å². The van der Waals surface area contributed by atoms with E-state index in [-0.39, 0.29) is 11.4 Å². The molecule has 0 unspecified atom stereocenters. The summed E-state index contributed by atoms with van der Waals surface area (Å²) < 4.78 is 5.14. The fraction of sp³-hybridized carbons (Fsp3) is 0.720. The monoisotopic (exact) mass is 428 g/mol. The lowest BCUT2D eigenvalue weighted by Gasteiger charge is -2.38. The maximum absolute atomic E-state index is 12.4. The molecule has 3 fully saturated rings. The summed E-state index contributed by atoms with van der Waals surface area (Å²) in [6.45, 7) is 5.52. The van der Waals surface area contributed by atoms with Crippen LogP contribution in [0.3, 0.4) is 0 Å². The van der Waals surface area contributed by atoms with Gasteiger partial charge >= 0.3 is 5.97 Å². The van der Waals surface area contributed by atoms with E-state index in [0.717, 1.165) is 69.2 Å². The highest BCUT2D eigenvalue weighted by Crippen LogP contribution is 2.40. The van der Waals surface area contributed by atoms with Gasteiger partial charge in [0.1, 0.15) is 0 Å². The number of esters is 1. The van der Waals surface area contributed by atoms with Crippen LogP contribution < -0.4 is 16.0 Å². The average Bonchev–Trinajstić information content (AvgIpc) is 3.35. The largest absolute Gasteiger partial charge is 0.469 e. The van der Waals surface area contributed by atoms with Crippen molar-refractivity contribution in [1.29, 1.82) is 0 Å². The van der Waals surface area contributed by atoms with Crippen molar-refractivity contribution in [2.75, 3.05) is 55.8 Å². The summed E-state index contributed by atoms with van der Waals surface area (Å²) >= 11 is 0. The van der Waals surface area contributed by atoms with Gasteiger partial charge in [-0.15, -0.1) is 0 Å². The molecule has 0 atom stereocenters. The number of anilines is 3. The Morgan fingerprint density at radius 2 is 1.81 bits per heavy atom. The first-order valence-electron chi connectivity index (χ1n) is 12.3. The molecule has 1 aromatic rings. The quantitative estimate of drug-likeness (QED) is 0.499. The molecule has 2 aliphatic heterocycles. The molecule has 0 bridgehead atoms. The maximum Gasteiger partial charge on any atom is 0.311 e. The van der Waals surface area contributed by atoms with Gasteiger partial charge in [-0.25, -0.2) is 0 Å². The number of rotatable bonds is 7. The third-order valence-corrected chi connectivity index (χ3v) is 7.87. The van der Waals surface area contributed by atoms with E-state index in [1.165, 1.54) is 58.0 Å². The zero-order chi connectivity index (χ0) is 21.7. The first-order chi connectivity index (χ1) is 15.1. The molecule has 3 aliphatic rings. The Hall–Kier alpha value is -1.95. The van der Waals surface area contributed by atoms with Crippen LogP contribution in [0.15, 0.2) is 18.2 Å². The Kier molecular flexibility index (Phi) is 7.26. The second kappa shape index (κ2) is 10.1. The lowest BCUT2D eigenvalue weighted by molar-refractivity contribution is -0.155. The van der Waals surface area contributed by atoms with E-state index in [2.05, 4.69) is 33.3 Å². The standard InChI is InChI=1S/C25H40N4O2/c1-31-24(30)25(11-3-2-4-12-25)13-14-27-23-8-7-21(19-22(23)26)29-17-9-20(10-18-29)28-15-5-6-16-28/h7-8,19-20,27H,2-6,9-18,26H2,1H3. The molecule has 3 N–H and O–H groups in total. The van der Waals surface area contributed by atoms with Crippen LogP contribution in [0.1, 0.15) is 64.2 Å². The number of ether oxygens (including phenoxy) is 1. The minimum atomic E-state index is -0.325. The van der Waals surface area contributed by atoms with Crippen molar-refractivity contribution in [1.82, 2.24) is 4.90 Å². The number of likely N-dealkylation sites (tertiary alicyclic amines) is 1. The predicted molar refractivity (Wildman–Crippen MR) is 128 cm³/mol. The van der Waals surface area contributed by atoms with Crippen LogP contribution >= 0.6 is 0 Å². The molecule has 1 aliphatic carbocycles. The van der Waals surface area contributed by atoms with Crippen molar-refractivity contribution >= 4 is 23.0 Å². The zero-order valence-corrected chi connectivity index (χ0v) is 19.2. The first kappa shape index (κ1) is 22.3. The van der Waals surface area contributed by atoms with Gasteiger partial charge in [0.05, 0.1) is 23.9 Å². The molecular formula is C25H40N4O2. The van der Waals surface area contributed by atoms with Gasteiger partial charge in [0, 0.05) is 31.4 Å². The van der Waals surface area contributed by atoms with Gasteiger partial charge in [0.2, 0.25) is 0 Å². The van der Waals surface area contributed by atoms with Crippen LogP contribution in [-0.4, -0.2) is 56.7 Å². The number of carbonyl (C=O) groups is 1. The van der Waals surface area contributed by atoms with E-state index >= 15 is 0 Å². The average molecular weight is 429 g/mol. The molecule has 6 nitrogen and oxygen atoms in total. The number of carbonyl (C=O) groups excluding carboxylic acids is 1. The fourth-order valence-corrected chi connectivity index (χ4v) is 5.94. The van der Waals surface area contributed by atoms with Crippen molar-refractivity contribution in [3.63, 3.8) is 0 Å². The zero-order valence-electron chi connectivity index (χ0n) is 19.2. The van der Waals surface area contributed by atoms with Crippen molar-refractivity contribution < 1.29 is 9.53 Å². The summed E-state index contributed by atoms with van der Waals surface area (Å²) in [5.74, 6) is -0.0466. The predicted octanol–water partition coefficient (Wildman–Crippen LogP) is 4.26. The number of hydrogen-bond acceptors (Lipinski definition) is 6. The van der Waals surface area contributed by atoms with Crippen LogP contribution in [-0.2, 0) is 9.53 Å². The molecule has 6 heteroatoms. The highest BCUT2D eigenvalue weighted by atomic mass is 16.5. The highest BCUT2D eigenvalue weighted by molar-refractivity contribution is 5.77. The van der Waals surface area contributed by atoms with Crippen LogP contribution in [0.4, 0.5) is 17.1 Å². The van der Waals surface area contributed by atoms with Gasteiger partial charge in [-0.3, -0.25) is 4.79 Å². The molecule has 2 heterocycles. The van der Waals surface area contributed by atoms with Crippen molar-refractivity contribution in [3.8, 4) is 0 Å². The Morgan fingerprint density at radius 1 is 1.10 bits per heavy atom. The third kappa shape index (κ3) is 5.11. The second-order valence-corrected chi connectivity index (χ2v) is 9.74. The second-order valence-electron chi connectivity index (χ2n) is 9.74. The van der Waals surface area contributed by atoms with E-state index < -0.39 is 0 Å². The molecule has 4 rings (SSSR count). The van der Waals surface area contributed by atoms with Crippen LogP contribution in [0.25, 0.3) is 0 Å². The summed E-state index contributed by atoms with van der Waals surface area (Å²) in [4.78, 5) is 17.6. The van der Waals surface area contributed by atoms with Gasteiger partial charge < -0.3 is 25.6 Å². The highest BCUT2D eigenvalue weighted by Gasteiger charge is 2.40. The molecule has 0 spiro atoms. The smallest absolute Gasteiger partial charge is 0.311 e. The summed E-state index contributed by atoms with van der Waals surface area (Å²) in [7, 11) is 1.51. The molecule has 1 aromatic carbocycles. The lowest BCUT2D eigenvalue weighted by atomic mass is 9.72. The minimum absolute atomic E-state index is 0.0466. The molecule has 0 radical (unpaired) electrons. The van der Waals surface area contributed by atoms with E-state index in [1.54, 1.807) is 0 Å². The number of benzene rings is 1. The van der Waals surface area contributed by atoms with E-state index in [0.29, 0.717) is 0 Å². The Bertz CT molecular complexity index is 733. The normalized spacial score (nSPS) is 22.4. The van der Waals surface area contributed by atoms with E-state index in [4.69, 9.17) is 10.5 Å². The molecule has 2 saturated heterocycles. The molecule has 1 saturated carbocycles. The summed E-state index contributed by atoms with van der Waals surface area (Å²) in [5.41, 5.74) is 9.05. The lowest BCUT2D eigenvalue weighted by Crippen LogP contribution is -2.43. The van der Waals surface area contributed by atoms with Crippen LogP contribution in [0, 0.1) is 5.41 Å². The number of piperidine rings is 1. The van der Waals surface area contributed by atoms with Crippen molar-refractivity contribution in [3.05, 3.63) is 18.2 Å². The number of hydrogen-bond donors (Lipinski definition) is 2. The topological polar surface area (TPSA) is 70.8 Å². The number of nitrogens with zero attached hydrogens (tertiary/aromatic N) is 2. The third-order valence-electron chi connectivity index (χ3n) is 7.87. The van der Waals surface area contributed by atoms with Crippen molar-refractivity contribution in [2.24, 2.45) is 5.41 Å². The molecule has 31 heavy (non-hydrogen) atoms. The number of nitrogens with two attached hydrogens (primary N) is 1. The van der Waals surface area contributed by atoms with Gasteiger partial charge in [-0.05, 0) is 76.2 Å². The van der Waals surface area contributed by atoms with Gasteiger partial charge in [-0.2, -0.15) is 0 Å².